The lowest BCUT2D eigenvalue weighted by atomic mass is 10.0. The van der Waals surface area contributed by atoms with Crippen LogP contribution in [0.1, 0.15) is 34.3 Å². The smallest absolute Gasteiger partial charge is 0.335 e. The third-order valence-corrected chi connectivity index (χ3v) is 11.7. The van der Waals surface area contributed by atoms with Crippen LogP contribution in [-0.2, 0) is 35.1 Å². The third-order valence-electron chi connectivity index (χ3n) is 9.03. The Balaban J connectivity index is 1.33. The number of aromatic carboxylic acids is 1. The molecular weight excluding hydrogens is 933 g/mol. The van der Waals surface area contributed by atoms with Gasteiger partial charge < -0.3 is 30.3 Å². The molecule has 24 nitrogen and oxygen atoms in total. The first kappa shape index (κ1) is 49.7. The Morgan fingerprint density at radius 1 is 0.697 bits per heavy atom. The fourth-order valence-electron chi connectivity index (χ4n) is 5.82. The minimum absolute atomic E-state index is 0.0234. The number of anilines is 2. The standard InChI is InChI=1S/C39H38N8O16S3/c1-21-15-25(42-45-29-9-5-23(37(48)49)17-35(29)65(56,57)58)7-11-27(21)44-43-26-8-12-28(34(19-26)63-13-4-14-64(53,54)55)40-39(52)41-32-16-22(2)31(20-33(32)62-3)47-46-30-10-6-24(38(50)51)18-36(30)66(59,60)61/h5-8,10-12,15-20,29H,4,9,13-14H2,1-3H3,(H,48,49)(H,50,51)(H2,40,41,52)(H,53,54,55)(H,56,57,58)(H,59,60,61). The second-order valence-corrected chi connectivity index (χ2v) is 18.3. The van der Waals surface area contributed by atoms with Gasteiger partial charge in [0.05, 0.1) is 69.6 Å². The van der Waals surface area contributed by atoms with Gasteiger partial charge in [0.1, 0.15) is 28.1 Å². The van der Waals surface area contributed by atoms with E-state index in [0.29, 0.717) is 16.8 Å². The maximum absolute atomic E-state index is 13.3. The number of rotatable bonds is 18. The van der Waals surface area contributed by atoms with E-state index in [0.717, 1.165) is 24.3 Å². The van der Waals surface area contributed by atoms with Crippen molar-refractivity contribution in [1.29, 1.82) is 0 Å². The molecule has 348 valence electrons. The van der Waals surface area contributed by atoms with Gasteiger partial charge in [-0.3, -0.25) is 13.7 Å². The molecule has 1 unspecified atom stereocenters. The number of carboxylic acids is 2. The van der Waals surface area contributed by atoms with Gasteiger partial charge in [-0.2, -0.15) is 50.8 Å². The predicted octanol–water partition coefficient (Wildman–Crippen LogP) is 8.03. The van der Waals surface area contributed by atoms with Gasteiger partial charge in [-0.1, -0.05) is 6.08 Å². The molecule has 0 aliphatic heterocycles. The van der Waals surface area contributed by atoms with Crippen LogP contribution in [0.4, 0.5) is 44.6 Å². The van der Waals surface area contributed by atoms with Gasteiger partial charge in [0.2, 0.25) is 0 Å². The fraction of sp³-hybridized carbons (Fsp3) is 0.205. The van der Waals surface area contributed by atoms with Crippen LogP contribution in [0, 0.1) is 13.8 Å². The zero-order valence-corrected chi connectivity index (χ0v) is 37.0. The van der Waals surface area contributed by atoms with Gasteiger partial charge in [0.15, 0.2) is 0 Å². The number of ether oxygens (including phenoxy) is 2. The summed E-state index contributed by atoms with van der Waals surface area (Å²) in [5.74, 6) is -3.33. The monoisotopic (exact) mass is 970 g/mol. The molecule has 7 N–H and O–H groups in total. The van der Waals surface area contributed by atoms with Gasteiger partial charge in [-0.05, 0) is 98.5 Å². The number of nitrogens with one attached hydrogen (secondary N) is 2. The predicted molar refractivity (Wildman–Crippen MR) is 234 cm³/mol. The molecule has 1 atom stereocenters. The number of nitrogens with zero attached hydrogens (tertiary/aromatic N) is 6. The van der Waals surface area contributed by atoms with Crippen molar-refractivity contribution >= 4 is 88.1 Å². The molecule has 2 amide bonds. The van der Waals surface area contributed by atoms with Crippen molar-refractivity contribution < 1.29 is 73.0 Å². The highest BCUT2D eigenvalue weighted by molar-refractivity contribution is 7.89. The lowest BCUT2D eigenvalue weighted by Crippen LogP contribution is -2.20. The molecule has 0 saturated carbocycles. The molecule has 0 saturated heterocycles. The van der Waals surface area contributed by atoms with Gasteiger partial charge in [0.25, 0.3) is 30.4 Å². The summed E-state index contributed by atoms with van der Waals surface area (Å²) in [5.41, 5.74) is 1.09. The molecule has 1 aliphatic carbocycles. The fourth-order valence-corrected chi connectivity index (χ4v) is 7.71. The average Bonchev–Trinajstić information content (AvgIpc) is 3.23. The van der Waals surface area contributed by atoms with Gasteiger partial charge in [-0.25, -0.2) is 14.4 Å². The molecule has 27 heteroatoms. The number of hydrogen-bond donors (Lipinski definition) is 7. The number of hydrogen-bond acceptors (Lipinski definition) is 17. The third kappa shape index (κ3) is 13.6. The molecule has 0 heterocycles. The molecular formula is C39H38N8O16S3. The number of aryl methyl sites for hydroxylation is 2. The van der Waals surface area contributed by atoms with E-state index < -0.39 is 75.5 Å². The molecule has 1 aliphatic rings. The Hall–Kier alpha value is -7.30. The first-order chi connectivity index (χ1) is 30.9. The number of azo groups is 3. The van der Waals surface area contributed by atoms with Crippen molar-refractivity contribution in [2.24, 2.45) is 30.7 Å². The van der Waals surface area contributed by atoms with Crippen LogP contribution < -0.4 is 20.1 Å². The van der Waals surface area contributed by atoms with E-state index in [4.69, 9.17) is 14.0 Å². The lowest BCUT2D eigenvalue weighted by Gasteiger charge is -2.16. The highest BCUT2D eigenvalue weighted by Gasteiger charge is 2.29. The molecule has 0 fully saturated rings. The lowest BCUT2D eigenvalue weighted by molar-refractivity contribution is -0.132. The van der Waals surface area contributed by atoms with Crippen LogP contribution in [0.2, 0.25) is 0 Å². The van der Waals surface area contributed by atoms with E-state index in [9.17, 15) is 59.0 Å². The second-order valence-electron chi connectivity index (χ2n) is 13.9. The largest absolute Gasteiger partial charge is 0.494 e. The SMILES string of the molecule is COc1cc(N=Nc2ccc(C(=O)O)cc2S(=O)(=O)O)c(C)cc1NC(=O)Nc1ccc(N=Nc2ccc(N=NC3CC=C(C(=O)O)C=C3S(=O)(=O)O)cc2C)cc1OCCCS(=O)(=O)O. The van der Waals surface area contributed by atoms with Crippen LogP contribution in [-0.4, -0.2) is 92.6 Å². The van der Waals surface area contributed by atoms with Crippen LogP contribution in [0.5, 0.6) is 11.5 Å². The minimum atomic E-state index is -4.90. The summed E-state index contributed by atoms with van der Waals surface area (Å²) in [4.78, 5) is 34.6. The Morgan fingerprint density at radius 2 is 1.33 bits per heavy atom. The first-order valence-electron chi connectivity index (χ1n) is 18.7. The Kier molecular flexibility index (Phi) is 15.6. The topological polar surface area (TPSA) is 371 Å². The van der Waals surface area contributed by atoms with Crippen molar-refractivity contribution in [3.8, 4) is 11.5 Å². The van der Waals surface area contributed by atoms with E-state index in [1.807, 2.05) is 0 Å². The summed E-state index contributed by atoms with van der Waals surface area (Å²) in [6, 6.07) is 12.6. The maximum Gasteiger partial charge on any atom is 0.335 e. The molecule has 4 aromatic carbocycles. The number of carbonyl (C=O) groups excluding carboxylic acids is 1. The normalized spacial score (nSPS) is 14.5. The zero-order chi connectivity index (χ0) is 48.6. The summed E-state index contributed by atoms with van der Waals surface area (Å²) in [6.45, 7) is 3.04. The number of methoxy groups -OCH3 is 1. The van der Waals surface area contributed by atoms with E-state index in [1.54, 1.807) is 19.9 Å². The van der Waals surface area contributed by atoms with E-state index in [-0.39, 0.29) is 70.6 Å². The Bertz CT molecular complexity index is 3100. The van der Waals surface area contributed by atoms with Crippen molar-refractivity contribution in [1.82, 2.24) is 0 Å². The quantitative estimate of drug-likeness (QED) is 0.0282. The van der Waals surface area contributed by atoms with Gasteiger partial charge >= 0.3 is 18.0 Å². The summed E-state index contributed by atoms with van der Waals surface area (Å²) in [7, 11) is -12.7. The van der Waals surface area contributed by atoms with Gasteiger partial charge in [-0.15, -0.1) is 5.11 Å². The molecule has 0 bridgehead atoms. The van der Waals surface area contributed by atoms with E-state index in [1.165, 1.54) is 55.7 Å². The molecule has 0 radical (unpaired) electrons. The number of amides is 2. The number of carboxylic acid groups (broad SMARTS) is 2. The highest BCUT2D eigenvalue weighted by Crippen LogP contribution is 2.37. The summed E-state index contributed by atoms with van der Waals surface area (Å²) in [5, 5.41) is 48.1. The van der Waals surface area contributed by atoms with Crippen LogP contribution >= 0.6 is 0 Å². The van der Waals surface area contributed by atoms with Crippen molar-refractivity contribution in [2.45, 2.75) is 37.6 Å². The summed E-state index contributed by atoms with van der Waals surface area (Å²) < 4.78 is 110. The van der Waals surface area contributed by atoms with E-state index in [2.05, 4.69) is 41.3 Å². The molecule has 66 heavy (non-hydrogen) atoms. The summed E-state index contributed by atoms with van der Waals surface area (Å²) >= 11 is 0. The van der Waals surface area contributed by atoms with Crippen molar-refractivity contribution in [2.75, 3.05) is 30.1 Å². The number of carbonyl (C=O) groups is 3. The number of benzene rings is 4. The Morgan fingerprint density at radius 3 is 1.97 bits per heavy atom. The van der Waals surface area contributed by atoms with Crippen molar-refractivity contribution in [3.63, 3.8) is 0 Å². The minimum Gasteiger partial charge on any atom is -0.494 e. The molecule has 0 aromatic heterocycles. The second kappa shape index (κ2) is 20.7. The van der Waals surface area contributed by atoms with Crippen LogP contribution in [0.3, 0.4) is 0 Å². The average molecular weight is 971 g/mol. The molecule has 4 aromatic rings. The zero-order valence-electron chi connectivity index (χ0n) is 34.5. The summed E-state index contributed by atoms with van der Waals surface area (Å²) in [6.07, 6.45) is 1.80. The molecule has 0 spiro atoms. The number of urea groups is 1. The van der Waals surface area contributed by atoms with Crippen LogP contribution in [0.15, 0.2) is 125 Å². The van der Waals surface area contributed by atoms with Crippen LogP contribution in [0.25, 0.3) is 0 Å². The first-order valence-corrected chi connectivity index (χ1v) is 23.2. The molecule has 5 rings (SSSR count). The number of aliphatic carboxylic acids is 1. The van der Waals surface area contributed by atoms with Gasteiger partial charge in [0, 0.05) is 12.1 Å². The van der Waals surface area contributed by atoms with E-state index >= 15 is 0 Å². The van der Waals surface area contributed by atoms with Crippen molar-refractivity contribution in [3.05, 3.63) is 106 Å². The Labute approximate surface area is 375 Å². The maximum atomic E-state index is 13.3. The highest BCUT2D eigenvalue weighted by atomic mass is 32.2.